The van der Waals surface area contributed by atoms with Crippen molar-refractivity contribution in [3.05, 3.63) is 54.4 Å². The van der Waals surface area contributed by atoms with Gasteiger partial charge in [0.15, 0.2) is 9.84 Å². The molecule has 19 heavy (non-hydrogen) atoms. The van der Waals surface area contributed by atoms with Crippen molar-refractivity contribution in [2.75, 3.05) is 11.1 Å². The minimum atomic E-state index is -3.12. The van der Waals surface area contributed by atoms with Gasteiger partial charge in [-0.05, 0) is 42.0 Å². The Labute approximate surface area is 113 Å². The molecule has 0 saturated heterocycles. The summed E-state index contributed by atoms with van der Waals surface area (Å²) in [5.74, 6) is 0.122. The minimum Gasteiger partial charge on any atom is -0.381 e. The molecule has 0 spiro atoms. The summed E-state index contributed by atoms with van der Waals surface area (Å²) < 4.78 is 23.3. The number of sulfone groups is 1. The van der Waals surface area contributed by atoms with Crippen LogP contribution >= 0.6 is 0 Å². The molecular formula is C14H16N2O2S. The van der Waals surface area contributed by atoms with E-state index in [1.165, 1.54) is 0 Å². The van der Waals surface area contributed by atoms with Crippen LogP contribution in [0.5, 0.6) is 0 Å². The molecule has 1 N–H and O–H groups in total. The zero-order valence-corrected chi connectivity index (χ0v) is 11.5. The van der Waals surface area contributed by atoms with Gasteiger partial charge in [0.25, 0.3) is 0 Å². The van der Waals surface area contributed by atoms with E-state index in [9.17, 15) is 8.42 Å². The molecule has 0 bridgehead atoms. The van der Waals surface area contributed by atoms with Crippen molar-refractivity contribution >= 4 is 15.5 Å². The molecule has 0 aliphatic heterocycles. The number of aromatic nitrogens is 1. The van der Waals surface area contributed by atoms with E-state index in [0.717, 1.165) is 11.3 Å². The monoisotopic (exact) mass is 276 g/mol. The predicted molar refractivity (Wildman–Crippen MR) is 75.7 cm³/mol. The van der Waals surface area contributed by atoms with Gasteiger partial charge in [-0.2, -0.15) is 0 Å². The number of anilines is 1. The summed E-state index contributed by atoms with van der Waals surface area (Å²) in [7, 11) is -3.12. The lowest BCUT2D eigenvalue weighted by Crippen LogP contribution is -2.04. The third kappa shape index (κ3) is 3.54. The number of nitrogens with zero attached hydrogens (tertiary/aromatic N) is 1. The molecule has 1 aromatic carbocycles. The van der Waals surface area contributed by atoms with Gasteiger partial charge in [-0.3, -0.25) is 4.98 Å². The first kappa shape index (κ1) is 13.5. The normalized spacial score (nSPS) is 11.2. The molecule has 0 aliphatic carbocycles. The van der Waals surface area contributed by atoms with Crippen molar-refractivity contribution in [1.82, 2.24) is 4.98 Å². The van der Waals surface area contributed by atoms with Gasteiger partial charge < -0.3 is 5.32 Å². The van der Waals surface area contributed by atoms with E-state index in [0.29, 0.717) is 11.4 Å². The van der Waals surface area contributed by atoms with Crippen molar-refractivity contribution < 1.29 is 8.42 Å². The maximum absolute atomic E-state index is 11.7. The van der Waals surface area contributed by atoms with Crippen LogP contribution in [-0.4, -0.2) is 19.2 Å². The molecule has 5 heteroatoms. The Kier molecular flexibility index (Phi) is 4.16. The fourth-order valence-electron chi connectivity index (χ4n) is 1.65. The Morgan fingerprint density at radius 3 is 2.26 bits per heavy atom. The van der Waals surface area contributed by atoms with E-state index in [1.54, 1.807) is 43.6 Å². The van der Waals surface area contributed by atoms with Crippen LogP contribution in [-0.2, 0) is 16.4 Å². The zero-order chi connectivity index (χ0) is 13.7. The molecule has 0 fully saturated rings. The number of hydrogen-bond donors (Lipinski definition) is 1. The molecule has 0 amide bonds. The lowest BCUT2D eigenvalue weighted by Gasteiger charge is -2.07. The molecule has 0 unspecified atom stereocenters. The lowest BCUT2D eigenvalue weighted by molar-refractivity contribution is 0.597. The maximum Gasteiger partial charge on any atom is 0.178 e. The fourth-order valence-corrected chi connectivity index (χ4v) is 2.54. The summed E-state index contributed by atoms with van der Waals surface area (Å²) >= 11 is 0. The van der Waals surface area contributed by atoms with Crippen molar-refractivity contribution in [3.63, 3.8) is 0 Å². The average molecular weight is 276 g/mol. The minimum absolute atomic E-state index is 0.122. The summed E-state index contributed by atoms with van der Waals surface area (Å²) in [4.78, 5) is 4.32. The molecule has 0 aliphatic rings. The molecule has 0 saturated carbocycles. The quantitative estimate of drug-likeness (QED) is 0.911. The second kappa shape index (κ2) is 5.84. The smallest absolute Gasteiger partial charge is 0.178 e. The maximum atomic E-state index is 11.7. The molecular weight excluding hydrogens is 260 g/mol. The van der Waals surface area contributed by atoms with Gasteiger partial charge in [0, 0.05) is 24.6 Å². The molecule has 1 aromatic heterocycles. The van der Waals surface area contributed by atoms with E-state index in [1.807, 2.05) is 12.1 Å². The van der Waals surface area contributed by atoms with Crippen molar-refractivity contribution in [3.8, 4) is 0 Å². The highest BCUT2D eigenvalue weighted by Crippen LogP contribution is 2.15. The number of hydrogen-bond acceptors (Lipinski definition) is 4. The van der Waals surface area contributed by atoms with Gasteiger partial charge in [0.2, 0.25) is 0 Å². The highest BCUT2D eigenvalue weighted by molar-refractivity contribution is 7.91. The average Bonchev–Trinajstić information content (AvgIpc) is 2.47. The number of rotatable bonds is 5. The zero-order valence-electron chi connectivity index (χ0n) is 10.7. The largest absolute Gasteiger partial charge is 0.381 e. The summed E-state index contributed by atoms with van der Waals surface area (Å²) in [6, 6.07) is 10.7. The molecule has 0 radical (unpaired) electrons. The van der Waals surface area contributed by atoms with E-state index >= 15 is 0 Å². The third-order valence-electron chi connectivity index (χ3n) is 2.84. The highest BCUT2D eigenvalue weighted by atomic mass is 32.2. The van der Waals surface area contributed by atoms with E-state index in [2.05, 4.69) is 10.3 Å². The molecule has 2 rings (SSSR count). The second-order valence-electron chi connectivity index (χ2n) is 4.14. The molecule has 2 aromatic rings. The number of benzene rings is 1. The molecule has 100 valence electrons. The summed E-state index contributed by atoms with van der Waals surface area (Å²) in [5.41, 5.74) is 2.02. The first-order valence-corrected chi connectivity index (χ1v) is 7.72. The second-order valence-corrected chi connectivity index (χ2v) is 6.42. The Hall–Kier alpha value is -1.88. The topological polar surface area (TPSA) is 59.1 Å². The SMILES string of the molecule is CCS(=O)(=O)c1ccc(NCc2ccncc2)cc1. The van der Waals surface area contributed by atoms with Crippen LogP contribution in [0.25, 0.3) is 0 Å². The summed E-state index contributed by atoms with van der Waals surface area (Å²) in [6.07, 6.45) is 3.49. The Balaban J connectivity index is 2.04. The van der Waals surface area contributed by atoms with Gasteiger partial charge in [-0.15, -0.1) is 0 Å². The van der Waals surface area contributed by atoms with Crippen LogP contribution in [0, 0.1) is 0 Å². The number of nitrogens with one attached hydrogen (secondary N) is 1. The highest BCUT2D eigenvalue weighted by Gasteiger charge is 2.10. The summed E-state index contributed by atoms with van der Waals surface area (Å²) in [5, 5.41) is 3.24. The van der Waals surface area contributed by atoms with Crippen LogP contribution in [0.2, 0.25) is 0 Å². The van der Waals surface area contributed by atoms with Gasteiger partial charge in [-0.25, -0.2) is 8.42 Å². The van der Waals surface area contributed by atoms with Gasteiger partial charge in [0.1, 0.15) is 0 Å². The molecule has 4 nitrogen and oxygen atoms in total. The fraction of sp³-hybridized carbons (Fsp3) is 0.214. The van der Waals surface area contributed by atoms with Crippen molar-refractivity contribution in [2.45, 2.75) is 18.4 Å². The van der Waals surface area contributed by atoms with Crippen LogP contribution < -0.4 is 5.32 Å². The van der Waals surface area contributed by atoms with Crippen LogP contribution in [0.15, 0.2) is 53.7 Å². The Bertz CT molecular complexity index is 622. The van der Waals surface area contributed by atoms with Crippen LogP contribution in [0.3, 0.4) is 0 Å². The summed E-state index contributed by atoms with van der Waals surface area (Å²) in [6.45, 7) is 2.33. The molecule has 0 atom stereocenters. The van der Waals surface area contributed by atoms with E-state index < -0.39 is 9.84 Å². The van der Waals surface area contributed by atoms with Crippen LogP contribution in [0.1, 0.15) is 12.5 Å². The predicted octanol–water partition coefficient (Wildman–Crippen LogP) is 2.49. The first-order valence-electron chi connectivity index (χ1n) is 6.07. The Morgan fingerprint density at radius 1 is 1.05 bits per heavy atom. The van der Waals surface area contributed by atoms with Crippen molar-refractivity contribution in [1.29, 1.82) is 0 Å². The molecule has 1 heterocycles. The van der Waals surface area contributed by atoms with E-state index in [4.69, 9.17) is 0 Å². The van der Waals surface area contributed by atoms with Gasteiger partial charge in [-0.1, -0.05) is 6.92 Å². The number of pyridine rings is 1. The van der Waals surface area contributed by atoms with E-state index in [-0.39, 0.29) is 5.75 Å². The standard InChI is InChI=1S/C14H16N2O2S/c1-2-19(17,18)14-5-3-13(4-6-14)16-11-12-7-9-15-10-8-12/h3-10,16H,2,11H2,1H3. The Morgan fingerprint density at radius 2 is 1.68 bits per heavy atom. The van der Waals surface area contributed by atoms with Crippen LogP contribution in [0.4, 0.5) is 5.69 Å². The van der Waals surface area contributed by atoms with Gasteiger partial charge in [0.05, 0.1) is 10.6 Å². The lowest BCUT2D eigenvalue weighted by atomic mass is 10.2. The first-order chi connectivity index (χ1) is 9.12. The third-order valence-corrected chi connectivity index (χ3v) is 4.59. The van der Waals surface area contributed by atoms with Gasteiger partial charge >= 0.3 is 0 Å². The van der Waals surface area contributed by atoms with Crippen molar-refractivity contribution in [2.24, 2.45) is 0 Å².